The molecule has 0 bridgehead atoms. The number of aliphatic hydroxyl groups is 1. The fourth-order valence-corrected chi connectivity index (χ4v) is 4.14. The Morgan fingerprint density at radius 2 is 1.15 bits per heavy atom. The Labute approximate surface area is 205 Å². The van der Waals surface area contributed by atoms with Crippen LogP contribution in [0, 0.1) is 5.92 Å². The number of rotatable bonds is 22. The Balaban J connectivity index is 0. The molecule has 0 aliphatic rings. The number of hydrogen-bond acceptors (Lipinski definition) is 4. The first-order valence-corrected chi connectivity index (χ1v) is 15.3. The summed E-state index contributed by atoms with van der Waals surface area (Å²) < 4.78 is 14.8. The van der Waals surface area contributed by atoms with Gasteiger partial charge in [-0.1, -0.05) is 124 Å². The van der Waals surface area contributed by atoms with Crippen molar-refractivity contribution < 1.29 is 24.0 Å². The maximum absolute atomic E-state index is 10.4. The van der Waals surface area contributed by atoms with Crippen LogP contribution in [0.1, 0.15) is 143 Å². The predicted octanol–water partition coefficient (Wildman–Crippen LogP) is 7.49. The first-order chi connectivity index (χ1) is 15.6. The fraction of sp³-hybridized carbons (Fsp3) is 1.00. The van der Waals surface area contributed by atoms with Crippen molar-refractivity contribution in [3.05, 3.63) is 0 Å². The van der Waals surface area contributed by atoms with E-state index >= 15 is 0 Å². The van der Waals surface area contributed by atoms with E-state index in [9.17, 15) is 9.67 Å². The molecule has 0 rings (SSSR count). The third kappa shape index (κ3) is 30.0. The second kappa shape index (κ2) is 23.8. The summed E-state index contributed by atoms with van der Waals surface area (Å²) in [5, 5.41) is 9.96. The van der Waals surface area contributed by atoms with Crippen LogP contribution in [0.4, 0.5) is 0 Å². The Morgan fingerprint density at radius 3 is 1.48 bits per heavy atom. The van der Waals surface area contributed by atoms with E-state index in [4.69, 9.17) is 15.5 Å². The molecule has 202 valence electrons. The zero-order chi connectivity index (χ0) is 25.4. The molecular formula is C26H58NO5P. The Morgan fingerprint density at radius 1 is 0.758 bits per heavy atom. The average Bonchev–Trinajstić information content (AvgIpc) is 2.76. The summed E-state index contributed by atoms with van der Waals surface area (Å²) in [6.07, 6.45) is 21.1. The molecule has 0 spiro atoms. The molecule has 0 atom stereocenters. The molecule has 33 heavy (non-hydrogen) atoms. The molecule has 0 aromatic rings. The number of nitrogens with two attached hydrogens (primary N) is 1. The van der Waals surface area contributed by atoms with Crippen molar-refractivity contribution in [2.45, 2.75) is 149 Å². The molecule has 0 aliphatic heterocycles. The van der Waals surface area contributed by atoms with Gasteiger partial charge < -0.3 is 20.6 Å². The van der Waals surface area contributed by atoms with E-state index in [-0.39, 0.29) is 6.61 Å². The van der Waals surface area contributed by atoms with Crippen molar-refractivity contribution in [2.75, 3.05) is 13.2 Å². The average molecular weight is 496 g/mol. The van der Waals surface area contributed by atoms with Gasteiger partial charge in [-0.3, -0.25) is 4.52 Å². The predicted molar refractivity (Wildman–Crippen MR) is 141 cm³/mol. The first-order valence-electron chi connectivity index (χ1n) is 13.7. The summed E-state index contributed by atoms with van der Waals surface area (Å²) >= 11 is 0. The summed E-state index contributed by atoms with van der Waals surface area (Å²) in [5.41, 5.74) is 4.96. The van der Waals surface area contributed by atoms with E-state index in [1.54, 1.807) is 0 Å². The second-order valence-corrected chi connectivity index (χ2v) is 11.3. The third-order valence-electron chi connectivity index (χ3n) is 6.06. The summed E-state index contributed by atoms with van der Waals surface area (Å²) in [4.78, 5) is 17.0. The zero-order valence-electron chi connectivity index (χ0n) is 22.4. The van der Waals surface area contributed by atoms with Crippen LogP contribution in [0.15, 0.2) is 0 Å². The van der Waals surface area contributed by atoms with E-state index in [0.717, 1.165) is 63.7 Å². The quantitative estimate of drug-likeness (QED) is 0.0914. The largest absolute Gasteiger partial charge is 0.469 e. The number of phosphoric acid groups is 1. The number of phosphoric ester groups is 1. The minimum atomic E-state index is -4.25. The lowest BCUT2D eigenvalue weighted by Gasteiger charge is -2.26. The van der Waals surface area contributed by atoms with Gasteiger partial charge >= 0.3 is 7.82 Å². The lowest BCUT2D eigenvalue weighted by Crippen LogP contribution is -2.37. The number of unbranched alkanes of at least 4 members (excludes halogenated alkanes) is 12. The highest BCUT2D eigenvalue weighted by molar-refractivity contribution is 7.46. The highest BCUT2D eigenvalue weighted by Crippen LogP contribution is 2.35. The summed E-state index contributed by atoms with van der Waals surface area (Å²) in [5.74, 6) is 0.845. The summed E-state index contributed by atoms with van der Waals surface area (Å²) in [6.45, 7) is 9.43. The van der Waals surface area contributed by atoms with Gasteiger partial charge in [0.15, 0.2) is 0 Å². The van der Waals surface area contributed by atoms with Gasteiger partial charge in [-0.05, 0) is 25.2 Å². The minimum absolute atomic E-state index is 0.167. The van der Waals surface area contributed by atoms with Gasteiger partial charge in [0.2, 0.25) is 0 Å². The van der Waals surface area contributed by atoms with Crippen molar-refractivity contribution in [1.29, 1.82) is 0 Å². The molecule has 0 saturated heterocycles. The third-order valence-corrected chi connectivity index (χ3v) is 6.58. The smallest absolute Gasteiger partial charge is 0.389 e. The van der Waals surface area contributed by atoms with Crippen LogP contribution in [0.3, 0.4) is 0 Å². The number of hydrogen-bond donors (Lipinski definition) is 4. The molecule has 5 N–H and O–H groups in total. The molecule has 0 aliphatic carbocycles. The monoisotopic (exact) mass is 495 g/mol. The molecular weight excluding hydrogens is 437 g/mol. The fourth-order valence-electron chi connectivity index (χ4n) is 3.77. The van der Waals surface area contributed by atoms with Crippen molar-refractivity contribution >= 4 is 7.82 Å². The van der Waals surface area contributed by atoms with Crippen LogP contribution < -0.4 is 5.73 Å². The van der Waals surface area contributed by atoms with Gasteiger partial charge in [0.25, 0.3) is 0 Å². The van der Waals surface area contributed by atoms with Gasteiger partial charge in [0, 0.05) is 6.54 Å². The Bertz CT molecular complexity index is 434. The first kappa shape index (κ1) is 35.2. The molecule has 0 aromatic carbocycles. The maximum atomic E-state index is 10.4. The summed E-state index contributed by atoms with van der Waals surface area (Å²) in [7, 11) is -4.25. The molecule has 0 aromatic heterocycles. The van der Waals surface area contributed by atoms with E-state index < -0.39 is 13.4 Å². The van der Waals surface area contributed by atoms with Gasteiger partial charge in [-0.25, -0.2) is 4.57 Å². The SMILES string of the molecule is CC(C)CCCCCCCCCCCCCOP(=O)(O)O.CCCCC(O)(CN)CCCC. The topological polar surface area (TPSA) is 113 Å². The van der Waals surface area contributed by atoms with E-state index in [1.807, 2.05) is 0 Å². The standard InChI is InChI=1S/C16H35O4P.C10H23NO/c1-16(2)14-12-10-8-6-4-3-5-7-9-11-13-15-20-21(17,18)19;1-3-5-7-10(12,9-11)8-6-4-2/h16H,3-15H2,1-2H3,(H2,17,18,19);12H,3-9,11H2,1-2H3. The molecule has 0 saturated carbocycles. The van der Waals surface area contributed by atoms with Crippen LogP contribution in [0.5, 0.6) is 0 Å². The molecule has 0 fully saturated rings. The van der Waals surface area contributed by atoms with Crippen LogP contribution in [-0.4, -0.2) is 33.6 Å². The lowest BCUT2D eigenvalue weighted by molar-refractivity contribution is 0.0273. The van der Waals surface area contributed by atoms with E-state index in [2.05, 4.69) is 32.2 Å². The van der Waals surface area contributed by atoms with Gasteiger partial charge in [0.1, 0.15) is 0 Å². The van der Waals surface area contributed by atoms with Crippen LogP contribution >= 0.6 is 7.82 Å². The van der Waals surface area contributed by atoms with Crippen molar-refractivity contribution in [3.8, 4) is 0 Å². The summed E-state index contributed by atoms with van der Waals surface area (Å²) in [6, 6.07) is 0. The highest BCUT2D eigenvalue weighted by atomic mass is 31.2. The van der Waals surface area contributed by atoms with Crippen molar-refractivity contribution in [1.82, 2.24) is 0 Å². The highest BCUT2D eigenvalue weighted by Gasteiger charge is 2.22. The molecule has 6 nitrogen and oxygen atoms in total. The Kier molecular flexibility index (Phi) is 25.3. The molecule has 0 amide bonds. The van der Waals surface area contributed by atoms with Crippen molar-refractivity contribution in [2.24, 2.45) is 11.7 Å². The van der Waals surface area contributed by atoms with Crippen LogP contribution in [0.2, 0.25) is 0 Å². The molecule has 0 radical (unpaired) electrons. The Hall–Kier alpha value is 0.0300. The van der Waals surface area contributed by atoms with Crippen LogP contribution in [-0.2, 0) is 9.09 Å². The maximum Gasteiger partial charge on any atom is 0.469 e. The van der Waals surface area contributed by atoms with E-state index in [1.165, 1.54) is 57.8 Å². The minimum Gasteiger partial charge on any atom is -0.389 e. The normalized spacial score (nSPS) is 12.2. The second-order valence-electron chi connectivity index (χ2n) is 10.0. The van der Waals surface area contributed by atoms with Gasteiger partial charge in [0.05, 0.1) is 12.2 Å². The van der Waals surface area contributed by atoms with Crippen molar-refractivity contribution in [3.63, 3.8) is 0 Å². The van der Waals surface area contributed by atoms with Crippen LogP contribution in [0.25, 0.3) is 0 Å². The van der Waals surface area contributed by atoms with Gasteiger partial charge in [-0.2, -0.15) is 0 Å². The van der Waals surface area contributed by atoms with Gasteiger partial charge in [-0.15, -0.1) is 0 Å². The molecule has 7 heteroatoms. The lowest BCUT2D eigenvalue weighted by atomic mass is 9.91. The van der Waals surface area contributed by atoms with E-state index in [0.29, 0.717) is 6.54 Å². The molecule has 0 unspecified atom stereocenters. The zero-order valence-corrected chi connectivity index (χ0v) is 23.3. The molecule has 0 heterocycles.